The molecule has 3 nitrogen and oxygen atoms in total. The van der Waals surface area contributed by atoms with E-state index in [0.717, 1.165) is 18.0 Å². The van der Waals surface area contributed by atoms with Gasteiger partial charge >= 0.3 is 0 Å². The lowest BCUT2D eigenvalue weighted by Crippen LogP contribution is -2.30. The van der Waals surface area contributed by atoms with Crippen LogP contribution in [0.2, 0.25) is 6.04 Å². The van der Waals surface area contributed by atoms with E-state index in [1.54, 1.807) is 0 Å². The van der Waals surface area contributed by atoms with Crippen LogP contribution in [0.5, 0.6) is 0 Å². The van der Waals surface area contributed by atoms with Gasteiger partial charge in [0, 0.05) is 18.1 Å². The second-order valence-electron chi connectivity index (χ2n) is 2.35. The molecule has 0 aromatic carbocycles. The summed E-state index contributed by atoms with van der Waals surface area (Å²) in [5.41, 5.74) is 10.9. The van der Waals surface area contributed by atoms with Gasteiger partial charge in [0.25, 0.3) is 9.04 Å². The fraction of sp³-hybridized carbons (Fsp3) is 0.667. The van der Waals surface area contributed by atoms with Gasteiger partial charge < -0.3 is 15.9 Å². The third-order valence-electron chi connectivity index (χ3n) is 1.58. The smallest absolute Gasteiger partial charge is 0.264 e. The van der Waals surface area contributed by atoms with E-state index < -0.39 is 9.04 Å². The Bertz CT molecular complexity index is 132. The fourth-order valence-corrected chi connectivity index (χ4v) is 2.72. The van der Waals surface area contributed by atoms with Crippen molar-refractivity contribution in [3.05, 3.63) is 11.5 Å². The maximum absolute atomic E-state index is 5.60. The molecule has 1 heterocycles. The predicted octanol–water partition coefficient (Wildman–Crippen LogP) is 0.0863. The maximum atomic E-state index is 5.60. The van der Waals surface area contributed by atoms with Gasteiger partial charge in [-0.3, -0.25) is 0 Å². The number of rotatable bonds is 1. The van der Waals surface area contributed by atoms with E-state index in [0.29, 0.717) is 0 Å². The molecule has 1 aliphatic rings. The third-order valence-corrected chi connectivity index (χ3v) is 3.75. The Morgan fingerprint density at radius 3 is 2.80 bits per heavy atom. The maximum Gasteiger partial charge on any atom is 0.264 e. The van der Waals surface area contributed by atoms with Crippen molar-refractivity contribution >= 4 is 9.04 Å². The molecule has 57 valence electrons. The summed E-state index contributed by atoms with van der Waals surface area (Å²) >= 11 is 0. The topological polar surface area (TPSA) is 61.3 Å². The molecule has 0 bridgehead atoms. The highest BCUT2D eigenvalue weighted by Gasteiger charge is 2.19. The molecule has 0 aromatic rings. The van der Waals surface area contributed by atoms with Gasteiger partial charge in [-0.25, -0.2) is 0 Å². The van der Waals surface area contributed by atoms with Gasteiger partial charge in [-0.2, -0.15) is 0 Å². The monoisotopic (exact) mass is 157 g/mol. The van der Waals surface area contributed by atoms with Crippen LogP contribution in [-0.2, 0) is 4.43 Å². The van der Waals surface area contributed by atoms with Crippen LogP contribution >= 0.6 is 0 Å². The summed E-state index contributed by atoms with van der Waals surface area (Å²) in [5.74, 6) is 0. The molecule has 1 rings (SSSR count). The quantitative estimate of drug-likeness (QED) is 0.530. The first kappa shape index (κ1) is 7.62. The van der Waals surface area contributed by atoms with E-state index in [9.17, 15) is 0 Å². The van der Waals surface area contributed by atoms with Crippen molar-refractivity contribution < 1.29 is 4.43 Å². The minimum atomic E-state index is -0.863. The van der Waals surface area contributed by atoms with E-state index >= 15 is 0 Å². The lowest BCUT2D eigenvalue weighted by atomic mass is 10.4. The van der Waals surface area contributed by atoms with Crippen molar-refractivity contribution in [2.75, 3.05) is 6.61 Å². The first-order valence-corrected chi connectivity index (χ1v) is 5.12. The van der Waals surface area contributed by atoms with Crippen LogP contribution < -0.4 is 11.5 Å². The molecule has 0 unspecified atom stereocenters. The average Bonchev–Trinajstić information content (AvgIpc) is 2.05. The number of nitrogens with two attached hydrogens (primary N) is 2. The van der Waals surface area contributed by atoms with E-state index in [2.05, 4.69) is 0 Å². The van der Waals surface area contributed by atoms with Crippen molar-refractivity contribution in [2.24, 2.45) is 11.5 Å². The zero-order valence-electron chi connectivity index (χ0n) is 5.97. The molecule has 0 saturated carbocycles. The van der Waals surface area contributed by atoms with Gasteiger partial charge in [0.1, 0.15) is 0 Å². The number of hydrogen-bond donors (Lipinski definition) is 2. The van der Waals surface area contributed by atoms with Gasteiger partial charge in [0.05, 0.1) is 0 Å². The molecule has 4 heteroatoms. The van der Waals surface area contributed by atoms with Gasteiger partial charge in [0.15, 0.2) is 0 Å². The molecule has 0 aliphatic carbocycles. The molecule has 1 aliphatic heterocycles. The molecule has 1 radical (unpaired) electrons. The second kappa shape index (κ2) is 3.63. The minimum absolute atomic E-state index is 0.768. The molecule has 0 aromatic heterocycles. The van der Waals surface area contributed by atoms with Crippen molar-refractivity contribution in [2.45, 2.75) is 18.9 Å². The fourth-order valence-electron chi connectivity index (χ4n) is 0.976. The van der Waals surface area contributed by atoms with Crippen molar-refractivity contribution in [1.82, 2.24) is 0 Å². The van der Waals surface area contributed by atoms with Crippen molar-refractivity contribution in [3.8, 4) is 0 Å². The standard InChI is InChI=1S/C6H13N2OSi/c7-5-6(8)10-4-2-1-3-9-10/h5H,1-4,7-8H2/b6-5+. The Morgan fingerprint density at radius 1 is 1.50 bits per heavy atom. The Kier molecular flexibility index (Phi) is 2.77. The highest BCUT2D eigenvalue weighted by atomic mass is 28.3. The normalized spacial score (nSPS) is 23.0. The molecule has 0 spiro atoms. The minimum Gasteiger partial charge on any atom is -0.410 e. The Labute approximate surface area is 62.8 Å². The highest BCUT2D eigenvalue weighted by Crippen LogP contribution is 2.13. The lowest BCUT2D eigenvalue weighted by Gasteiger charge is -2.19. The van der Waals surface area contributed by atoms with Crippen molar-refractivity contribution in [1.29, 1.82) is 0 Å². The Morgan fingerprint density at radius 2 is 2.30 bits per heavy atom. The molecule has 4 N–H and O–H groups in total. The molecular weight excluding hydrogens is 144 g/mol. The first-order chi connectivity index (χ1) is 4.84. The molecule has 1 fully saturated rings. The summed E-state index contributed by atoms with van der Waals surface area (Å²) in [7, 11) is -0.863. The summed E-state index contributed by atoms with van der Waals surface area (Å²) in [5, 5.41) is 0.768. The largest absolute Gasteiger partial charge is 0.410 e. The summed E-state index contributed by atoms with van der Waals surface area (Å²) in [6, 6.07) is 1.12. The van der Waals surface area contributed by atoms with Crippen LogP contribution in [-0.4, -0.2) is 15.6 Å². The summed E-state index contributed by atoms with van der Waals surface area (Å²) < 4.78 is 5.46. The van der Waals surface area contributed by atoms with Crippen LogP contribution in [0.3, 0.4) is 0 Å². The molecule has 0 atom stereocenters. The first-order valence-electron chi connectivity index (χ1n) is 3.51. The molecule has 0 amide bonds. The lowest BCUT2D eigenvalue weighted by molar-refractivity contribution is 0.291. The van der Waals surface area contributed by atoms with Crippen LogP contribution in [0, 0.1) is 0 Å². The highest BCUT2D eigenvalue weighted by molar-refractivity contribution is 6.60. The summed E-state index contributed by atoms with van der Waals surface area (Å²) in [6.45, 7) is 0.864. The Balaban J connectivity index is 2.39. The average molecular weight is 157 g/mol. The van der Waals surface area contributed by atoms with Gasteiger partial charge in [0.2, 0.25) is 0 Å². The Hall–Kier alpha value is -0.483. The van der Waals surface area contributed by atoms with Gasteiger partial charge in [-0.05, 0) is 12.5 Å². The molecular formula is C6H13N2OSi. The third kappa shape index (κ3) is 1.75. The van der Waals surface area contributed by atoms with Crippen LogP contribution in [0.4, 0.5) is 0 Å². The SMILES string of the molecule is N/C=C(\N)[Si]1CCCCO1. The van der Waals surface area contributed by atoms with E-state index in [1.165, 1.54) is 19.0 Å². The van der Waals surface area contributed by atoms with Crippen LogP contribution in [0.15, 0.2) is 11.5 Å². The summed E-state index contributed by atoms with van der Waals surface area (Å²) in [4.78, 5) is 0. The zero-order valence-corrected chi connectivity index (χ0v) is 6.97. The summed E-state index contributed by atoms with van der Waals surface area (Å²) in [6.07, 6.45) is 3.88. The zero-order chi connectivity index (χ0) is 7.40. The van der Waals surface area contributed by atoms with Gasteiger partial charge in [-0.1, -0.05) is 6.42 Å². The van der Waals surface area contributed by atoms with Crippen LogP contribution in [0.1, 0.15) is 12.8 Å². The number of hydrogen-bond acceptors (Lipinski definition) is 3. The predicted molar refractivity (Wildman–Crippen MR) is 42.2 cm³/mol. The van der Waals surface area contributed by atoms with Crippen LogP contribution in [0.25, 0.3) is 0 Å². The van der Waals surface area contributed by atoms with Crippen molar-refractivity contribution in [3.63, 3.8) is 0 Å². The second-order valence-corrected chi connectivity index (χ2v) is 4.56. The van der Waals surface area contributed by atoms with Gasteiger partial charge in [-0.15, -0.1) is 0 Å². The van der Waals surface area contributed by atoms with E-state index in [-0.39, 0.29) is 0 Å². The molecule has 10 heavy (non-hydrogen) atoms. The molecule has 1 saturated heterocycles. The van der Waals surface area contributed by atoms with E-state index in [4.69, 9.17) is 15.9 Å². The van der Waals surface area contributed by atoms with E-state index in [1.807, 2.05) is 0 Å².